The van der Waals surface area contributed by atoms with Crippen molar-refractivity contribution in [1.82, 2.24) is 0 Å². The molecule has 0 heterocycles. The molecule has 0 amide bonds. The maximum absolute atomic E-state index is 9.70. The lowest BCUT2D eigenvalue weighted by Gasteiger charge is -2.10. The third-order valence-corrected chi connectivity index (χ3v) is 3.18. The van der Waals surface area contributed by atoms with Gasteiger partial charge in [-0.05, 0) is 41.8 Å². The summed E-state index contributed by atoms with van der Waals surface area (Å²) in [5.41, 5.74) is 1.95. The van der Waals surface area contributed by atoms with Gasteiger partial charge in [0.2, 0.25) is 0 Å². The van der Waals surface area contributed by atoms with Crippen molar-refractivity contribution >= 4 is 11.6 Å². The number of halogens is 1. The van der Waals surface area contributed by atoms with Crippen LogP contribution in [0.15, 0.2) is 48.5 Å². The minimum atomic E-state index is -0.401. The topological polar surface area (TPSA) is 29.5 Å². The summed E-state index contributed by atoms with van der Waals surface area (Å²) >= 11 is 5.91. The summed E-state index contributed by atoms with van der Waals surface area (Å²) in [5.74, 6) is 0.784. The van der Waals surface area contributed by atoms with Crippen LogP contribution in [0.25, 0.3) is 0 Å². The summed E-state index contributed by atoms with van der Waals surface area (Å²) in [6.45, 7) is 2.43. The fourth-order valence-electron chi connectivity index (χ4n) is 1.82. The van der Waals surface area contributed by atoms with E-state index in [4.69, 9.17) is 16.3 Å². The quantitative estimate of drug-likeness (QED) is 0.879. The van der Waals surface area contributed by atoms with Crippen LogP contribution < -0.4 is 4.74 Å². The van der Waals surface area contributed by atoms with Crippen LogP contribution in [0.3, 0.4) is 0 Å². The predicted octanol–water partition coefficient (Wildman–Crippen LogP) is 4.36. The molecule has 19 heavy (non-hydrogen) atoms. The van der Waals surface area contributed by atoms with Gasteiger partial charge in [0.15, 0.2) is 0 Å². The second kappa shape index (κ2) is 6.60. The van der Waals surface area contributed by atoms with Crippen molar-refractivity contribution < 1.29 is 9.84 Å². The predicted molar refractivity (Wildman–Crippen MR) is 77.5 cm³/mol. The lowest BCUT2D eigenvalue weighted by molar-refractivity contribution is 0.173. The molecule has 0 aromatic heterocycles. The Morgan fingerprint density at radius 3 is 2.53 bits per heavy atom. The molecule has 2 aromatic carbocycles. The summed E-state index contributed by atoms with van der Waals surface area (Å²) < 4.78 is 5.68. The van der Waals surface area contributed by atoms with Crippen LogP contribution in [-0.4, -0.2) is 5.11 Å². The first-order chi connectivity index (χ1) is 9.19. The lowest BCUT2D eigenvalue weighted by atomic mass is 10.1. The molecule has 0 saturated heterocycles. The summed E-state index contributed by atoms with van der Waals surface area (Å²) in [6.07, 6.45) is 0.310. The number of hydrogen-bond acceptors (Lipinski definition) is 2. The Balaban J connectivity index is 1.96. The molecule has 2 nitrogen and oxygen atoms in total. The minimum Gasteiger partial charge on any atom is -0.489 e. The molecule has 100 valence electrons. The van der Waals surface area contributed by atoms with Crippen molar-refractivity contribution in [2.24, 2.45) is 0 Å². The highest BCUT2D eigenvalue weighted by atomic mass is 35.5. The van der Waals surface area contributed by atoms with Gasteiger partial charge < -0.3 is 9.84 Å². The van der Waals surface area contributed by atoms with Crippen molar-refractivity contribution in [2.45, 2.75) is 26.1 Å². The molecule has 0 saturated carbocycles. The molecular formula is C16H17ClO2. The summed E-state index contributed by atoms with van der Waals surface area (Å²) in [7, 11) is 0. The van der Waals surface area contributed by atoms with Gasteiger partial charge in [-0.25, -0.2) is 0 Å². The van der Waals surface area contributed by atoms with Crippen LogP contribution in [0.1, 0.15) is 30.6 Å². The number of ether oxygens (including phenoxy) is 1. The molecular weight excluding hydrogens is 260 g/mol. The zero-order valence-corrected chi connectivity index (χ0v) is 11.6. The van der Waals surface area contributed by atoms with Gasteiger partial charge in [0.25, 0.3) is 0 Å². The largest absolute Gasteiger partial charge is 0.489 e. The first kappa shape index (κ1) is 13.9. The van der Waals surface area contributed by atoms with E-state index in [1.54, 1.807) is 0 Å². The zero-order valence-electron chi connectivity index (χ0n) is 10.8. The second-order valence-electron chi connectivity index (χ2n) is 4.41. The number of rotatable bonds is 5. The van der Waals surface area contributed by atoms with E-state index in [9.17, 15) is 5.11 Å². The van der Waals surface area contributed by atoms with Crippen LogP contribution in [-0.2, 0) is 6.61 Å². The van der Waals surface area contributed by atoms with E-state index in [0.717, 1.165) is 16.9 Å². The molecule has 0 aliphatic rings. The van der Waals surface area contributed by atoms with E-state index in [0.29, 0.717) is 18.1 Å². The van der Waals surface area contributed by atoms with Gasteiger partial charge >= 0.3 is 0 Å². The standard InChI is InChI=1S/C16H17ClO2/c1-2-16(18)13-6-8-15(9-7-13)19-11-12-4-3-5-14(17)10-12/h3-10,16,18H,2,11H2,1H3. The SMILES string of the molecule is CCC(O)c1ccc(OCc2cccc(Cl)c2)cc1. The maximum Gasteiger partial charge on any atom is 0.119 e. The molecule has 1 unspecified atom stereocenters. The van der Waals surface area contributed by atoms with E-state index in [2.05, 4.69) is 0 Å². The second-order valence-corrected chi connectivity index (χ2v) is 4.85. The highest BCUT2D eigenvalue weighted by Gasteiger charge is 2.04. The molecule has 0 aliphatic heterocycles. The van der Waals surface area contributed by atoms with Crippen LogP contribution in [0, 0.1) is 0 Å². The molecule has 2 aromatic rings. The Kier molecular flexibility index (Phi) is 4.83. The van der Waals surface area contributed by atoms with Gasteiger partial charge in [-0.2, -0.15) is 0 Å². The Morgan fingerprint density at radius 1 is 1.16 bits per heavy atom. The molecule has 1 N–H and O–H groups in total. The van der Waals surface area contributed by atoms with Crippen LogP contribution in [0.4, 0.5) is 0 Å². The fourth-order valence-corrected chi connectivity index (χ4v) is 2.03. The normalized spacial score (nSPS) is 12.2. The summed E-state index contributed by atoms with van der Waals surface area (Å²) in [5, 5.41) is 10.4. The molecule has 0 bridgehead atoms. The van der Waals surface area contributed by atoms with E-state index in [-0.39, 0.29) is 0 Å². The lowest BCUT2D eigenvalue weighted by Crippen LogP contribution is -1.97. The molecule has 3 heteroatoms. The maximum atomic E-state index is 9.70. The van der Waals surface area contributed by atoms with Gasteiger partial charge in [-0.1, -0.05) is 42.8 Å². The van der Waals surface area contributed by atoms with Crippen molar-refractivity contribution in [3.8, 4) is 5.75 Å². The highest BCUT2D eigenvalue weighted by Crippen LogP contribution is 2.21. The van der Waals surface area contributed by atoms with E-state index < -0.39 is 6.10 Å². The first-order valence-electron chi connectivity index (χ1n) is 6.34. The van der Waals surface area contributed by atoms with E-state index in [1.165, 1.54) is 0 Å². The smallest absolute Gasteiger partial charge is 0.119 e. The van der Waals surface area contributed by atoms with E-state index >= 15 is 0 Å². The Bertz CT molecular complexity index is 523. The minimum absolute atomic E-state index is 0.401. The highest BCUT2D eigenvalue weighted by molar-refractivity contribution is 6.30. The van der Waals surface area contributed by atoms with Crippen LogP contribution in [0.5, 0.6) is 5.75 Å². The number of aliphatic hydroxyl groups excluding tert-OH is 1. The Labute approximate surface area is 118 Å². The van der Waals surface area contributed by atoms with Gasteiger partial charge in [0, 0.05) is 5.02 Å². The molecule has 0 spiro atoms. The van der Waals surface area contributed by atoms with Gasteiger partial charge in [-0.3, -0.25) is 0 Å². The number of aliphatic hydroxyl groups is 1. The van der Waals surface area contributed by atoms with Crippen molar-refractivity contribution in [1.29, 1.82) is 0 Å². The monoisotopic (exact) mass is 276 g/mol. The average Bonchev–Trinajstić information content (AvgIpc) is 2.45. The Morgan fingerprint density at radius 2 is 1.89 bits per heavy atom. The molecule has 0 aliphatic carbocycles. The Hall–Kier alpha value is -1.51. The van der Waals surface area contributed by atoms with Gasteiger partial charge in [0.05, 0.1) is 6.10 Å². The van der Waals surface area contributed by atoms with Crippen molar-refractivity contribution in [3.05, 3.63) is 64.7 Å². The van der Waals surface area contributed by atoms with Gasteiger partial charge in [-0.15, -0.1) is 0 Å². The molecule has 0 fully saturated rings. The number of hydrogen-bond donors (Lipinski definition) is 1. The third-order valence-electron chi connectivity index (χ3n) is 2.95. The van der Waals surface area contributed by atoms with Crippen LogP contribution >= 0.6 is 11.6 Å². The fraction of sp³-hybridized carbons (Fsp3) is 0.250. The van der Waals surface area contributed by atoms with Crippen LogP contribution in [0.2, 0.25) is 5.02 Å². The van der Waals surface area contributed by atoms with Crippen molar-refractivity contribution in [2.75, 3.05) is 0 Å². The van der Waals surface area contributed by atoms with Gasteiger partial charge in [0.1, 0.15) is 12.4 Å². The number of benzene rings is 2. The molecule has 0 radical (unpaired) electrons. The van der Waals surface area contributed by atoms with Crippen molar-refractivity contribution in [3.63, 3.8) is 0 Å². The third kappa shape index (κ3) is 3.98. The molecule has 2 rings (SSSR count). The average molecular weight is 277 g/mol. The molecule has 1 atom stereocenters. The zero-order chi connectivity index (χ0) is 13.7. The first-order valence-corrected chi connectivity index (χ1v) is 6.72. The summed E-state index contributed by atoms with van der Waals surface area (Å²) in [4.78, 5) is 0. The summed E-state index contributed by atoms with van der Waals surface area (Å²) in [6, 6.07) is 15.1. The van der Waals surface area contributed by atoms with E-state index in [1.807, 2.05) is 55.5 Å².